The summed E-state index contributed by atoms with van der Waals surface area (Å²) in [5.74, 6) is 0.109. The molecule has 22 heavy (non-hydrogen) atoms. The molecule has 1 aliphatic heterocycles. The molecule has 3 N–H and O–H groups in total. The summed E-state index contributed by atoms with van der Waals surface area (Å²) in [6, 6.07) is 0.401. The molecule has 1 fully saturated rings. The number of anilines is 1. The van der Waals surface area contributed by atoms with Gasteiger partial charge in [-0.3, -0.25) is 9.69 Å². The fourth-order valence-corrected chi connectivity index (χ4v) is 2.70. The van der Waals surface area contributed by atoms with Crippen LogP contribution >= 0.6 is 0 Å². The second kappa shape index (κ2) is 7.40. The van der Waals surface area contributed by atoms with Crippen LogP contribution in [0.2, 0.25) is 0 Å². The molecule has 1 aliphatic rings. The quantitative estimate of drug-likeness (QED) is 0.816. The lowest BCUT2D eigenvalue weighted by Crippen LogP contribution is -2.40. The van der Waals surface area contributed by atoms with Gasteiger partial charge in [0, 0.05) is 18.8 Å². The highest BCUT2D eigenvalue weighted by molar-refractivity contribution is 5.96. The Bertz CT molecular complexity index is 521. The summed E-state index contributed by atoms with van der Waals surface area (Å²) >= 11 is 0. The molecular weight excluding hydrogens is 282 g/mol. The lowest BCUT2D eigenvalue weighted by molar-refractivity contribution is 0.0934. The third kappa shape index (κ3) is 4.07. The number of nitrogens with one attached hydrogen (secondary N) is 1. The van der Waals surface area contributed by atoms with Crippen LogP contribution in [-0.2, 0) is 0 Å². The molecule has 0 bridgehead atoms. The van der Waals surface area contributed by atoms with Gasteiger partial charge in [0.2, 0.25) is 11.8 Å². The molecule has 122 valence electrons. The van der Waals surface area contributed by atoms with Crippen LogP contribution in [0.15, 0.2) is 6.20 Å². The molecule has 0 spiro atoms. The first-order chi connectivity index (χ1) is 10.5. The highest BCUT2D eigenvalue weighted by Gasteiger charge is 2.24. The molecule has 1 amide bonds. The Balaban J connectivity index is 2.02. The Labute approximate surface area is 131 Å². The summed E-state index contributed by atoms with van der Waals surface area (Å²) in [5.41, 5.74) is 5.90. The predicted molar refractivity (Wildman–Crippen MR) is 84.8 cm³/mol. The molecule has 0 radical (unpaired) electrons. The highest BCUT2D eigenvalue weighted by atomic mass is 16.5. The fraction of sp³-hybridized carbons (Fsp3) is 0.667. The van der Waals surface area contributed by atoms with E-state index in [1.54, 1.807) is 0 Å². The van der Waals surface area contributed by atoms with Gasteiger partial charge in [0.1, 0.15) is 5.56 Å². The minimum absolute atomic E-state index is 0.0914. The van der Waals surface area contributed by atoms with E-state index in [9.17, 15) is 4.79 Å². The number of likely N-dealkylation sites (N-methyl/N-ethyl adjacent to an activating group) is 1. The van der Waals surface area contributed by atoms with Crippen LogP contribution in [0.1, 0.15) is 44.0 Å². The number of likely N-dealkylation sites (tertiary alicyclic amines) is 1. The smallest absolute Gasteiger partial charge is 0.258 e. The van der Waals surface area contributed by atoms with E-state index < -0.39 is 0 Å². The van der Waals surface area contributed by atoms with Gasteiger partial charge in [-0.25, -0.2) is 4.98 Å². The van der Waals surface area contributed by atoms with Gasteiger partial charge in [-0.15, -0.1) is 0 Å². The van der Waals surface area contributed by atoms with Crippen LogP contribution in [0.4, 0.5) is 5.95 Å². The summed E-state index contributed by atoms with van der Waals surface area (Å²) in [6.45, 7) is 8.62. The monoisotopic (exact) mass is 307 g/mol. The summed E-state index contributed by atoms with van der Waals surface area (Å²) < 4.78 is 5.56. The summed E-state index contributed by atoms with van der Waals surface area (Å²) in [6.07, 6.45) is 3.62. The molecule has 1 unspecified atom stereocenters. The number of aromatic nitrogens is 2. The van der Waals surface area contributed by atoms with E-state index in [0.717, 1.165) is 19.5 Å². The van der Waals surface area contributed by atoms with Crippen molar-refractivity contribution in [1.82, 2.24) is 20.2 Å². The minimum Gasteiger partial charge on any atom is -0.474 e. The molecule has 0 aromatic carbocycles. The maximum Gasteiger partial charge on any atom is 0.258 e. The van der Waals surface area contributed by atoms with Gasteiger partial charge in [-0.05, 0) is 39.8 Å². The van der Waals surface area contributed by atoms with E-state index in [2.05, 4.69) is 27.1 Å². The third-order valence-corrected chi connectivity index (χ3v) is 3.77. The second-order valence-electron chi connectivity index (χ2n) is 5.75. The van der Waals surface area contributed by atoms with Crippen molar-refractivity contribution >= 4 is 11.9 Å². The van der Waals surface area contributed by atoms with Crippen molar-refractivity contribution in [1.29, 1.82) is 0 Å². The fourth-order valence-electron chi connectivity index (χ4n) is 2.70. The molecule has 0 aliphatic carbocycles. The standard InChI is InChI=1S/C15H25N5O2/c1-4-20-7-5-6-11(20)8-17-13(21)12-9-18-15(16)19-14(12)22-10(2)3/h9-11H,4-8H2,1-3H3,(H,17,21)(H2,16,18,19). The largest absolute Gasteiger partial charge is 0.474 e. The van der Waals surface area contributed by atoms with Crippen molar-refractivity contribution in [2.45, 2.75) is 45.8 Å². The van der Waals surface area contributed by atoms with E-state index in [1.165, 1.54) is 12.6 Å². The molecule has 1 aromatic heterocycles. The maximum absolute atomic E-state index is 12.4. The molecule has 2 heterocycles. The average Bonchev–Trinajstić information content (AvgIpc) is 2.91. The van der Waals surface area contributed by atoms with Crippen LogP contribution in [0.5, 0.6) is 5.88 Å². The average molecular weight is 307 g/mol. The Morgan fingerprint density at radius 3 is 3.05 bits per heavy atom. The first-order valence-electron chi connectivity index (χ1n) is 7.82. The minimum atomic E-state index is -0.224. The van der Waals surface area contributed by atoms with Crippen molar-refractivity contribution in [3.8, 4) is 5.88 Å². The Morgan fingerprint density at radius 1 is 1.59 bits per heavy atom. The molecule has 7 nitrogen and oxygen atoms in total. The second-order valence-corrected chi connectivity index (χ2v) is 5.75. The molecule has 2 rings (SSSR count). The van der Waals surface area contributed by atoms with Gasteiger partial charge in [0.25, 0.3) is 5.91 Å². The lowest BCUT2D eigenvalue weighted by Gasteiger charge is -2.23. The number of hydrogen-bond acceptors (Lipinski definition) is 6. The molecule has 1 aromatic rings. The molecule has 7 heteroatoms. The number of rotatable bonds is 6. The number of nitrogens with zero attached hydrogens (tertiary/aromatic N) is 3. The van der Waals surface area contributed by atoms with Crippen LogP contribution < -0.4 is 15.8 Å². The first kappa shape index (κ1) is 16.5. The summed E-state index contributed by atoms with van der Waals surface area (Å²) in [4.78, 5) is 22.7. The van der Waals surface area contributed by atoms with Gasteiger partial charge < -0.3 is 15.8 Å². The SMILES string of the molecule is CCN1CCCC1CNC(=O)c1cnc(N)nc1OC(C)C. The highest BCUT2D eigenvalue weighted by Crippen LogP contribution is 2.18. The molecule has 0 saturated carbocycles. The van der Waals surface area contributed by atoms with Crippen LogP contribution in [0.3, 0.4) is 0 Å². The topological polar surface area (TPSA) is 93.4 Å². The van der Waals surface area contributed by atoms with Crippen molar-refractivity contribution in [3.05, 3.63) is 11.8 Å². The Morgan fingerprint density at radius 2 is 2.36 bits per heavy atom. The zero-order valence-electron chi connectivity index (χ0n) is 13.5. The lowest BCUT2D eigenvalue weighted by atomic mass is 10.2. The van der Waals surface area contributed by atoms with Gasteiger partial charge in [0.15, 0.2) is 0 Å². The Hall–Kier alpha value is -1.89. The number of amides is 1. The van der Waals surface area contributed by atoms with Crippen molar-refractivity contribution < 1.29 is 9.53 Å². The number of nitrogen functional groups attached to an aromatic ring is 1. The summed E-state index contributed by atoms with van der Waals surface area (Å²) in [7, 11) is 0. The maximum atomic E-state index is 12.4. The van der Waals surface area contributed by atoms with E-state index in [1.807, 2.05) is 13.8 Å². The summed E-state index contributed by atoms with van der Waals surface area (Å²) in [5, 5.41) is 2.96. The van der Waals surface area contributed by atoms with Crippen LogP contribution in [0.25, 0.3) is 0 Å². The molecular formula is C15H25N5O2. The number of carbonyl (C=O) groups is 1. The predicted octanol–water partition coefficient (Wildman–Crippen LogP) is 1.06. The van der Waals surface area contributed by atoms with Gasteiger partial charge >= 0.3 is 0 Å². The number of carbonyl (C=O) groups excluding carboxylic acids is 1. The van der Waals surface area contributed by atoms with Crippen molar-refractivity contribution in [3.63, 3.8) is 0 Å². The van der Waals surface area contributed by atoms with Crippen molar-refractivity contribution in [2.24, 2.45) is 0 Å². The number of hydrogen-bond donors (Lipinski definition) is 2. The zero-order valence-corrected chi connectivity index (χ0v) is 13.5. The molecule has 1 saturated heterocycles. The van der Waals surface area contributed by atoms with Crippen molar-refractivity contribution in [2.75, 3.05) is 25.4 Å². The zero-order chi connectivity index (χ0) is 16.1. The third-order valence-electron chi connectivity index (χ3n) is 3.77. The Kier molecular flexibility index (Phi) is 5.54. The first-order valence-corrected chi connectivity index (χ1v) is 7.82. The molecule has 1 atom stereocenters. The van der Waals surface area contributed by atoms with Gasteiger partial charge in [0.05, 0.1) is 6.10 Å². The van der Waals surface area contributed by atoms with Crippen LogP contribution in [-0.4, -0.2) is 52.6 Å². The van der Waals surface area contributed by atoms with E-state index >= 15 is 0 Å². The van der Waals surface area contributed by atoms with E-state index in [4.69, 9.17) is 10.5 Å². The normalized spacial score (nSPS) is 18.6. The van der Waals surface area contributed by atoms with E-state index in [0.29, 0.717) is 18.2 Å². The van der Waals surface area contributed by atoms with Crippen LogP contribution in [0, 0.1) is 0 Å². The van der Waals surface area contributed by atoms with Gasteiger partial charge in [-0.1, -0.05) is 6.92 Å². The van der Waals surface area contributed by atoms with Gasteiger partial charge in [-0.2, -0.15) is 4.98 Å². The number of nitrogens with two attached hydrogens (primary N) is 1. The van der Waals surface area contributed by atoms with E-state index in [-0.39, 0.29) is 23.8 Å². The number of ether oxygens (including phenoxy) is 1.